The molecule has 2 aromatic heterocycles. The number of rotatable bonds is 5. The van der Waals surface area contributed by atoms with Crippen molar-refractivity contribution in [2.75, 3.05) is 0 Å². The smallest absolute Gasteiger partial charge is 0.129 e. The average Bonchev–Trinajstić information content (AvgIpc) is 3.21. The molecule has 5 heteroatoms. The van der Waals surface area contributed by atoms with E-state index in [1.807, 2.05) is 41.3 Å². The Bertz CT molecular complexity index is 766. The van der Waals surface area contributed by atoms with Crippen molar-refractivity contribution in [1.29, 1.82) is 0 Å². The summed E-state index contributed by atoms with van der Waals surface area (Å²) >= 11 is 7.80. The van der Waals surface area contributed by atoms with E-state index in [-0.39, 0.29) is 6.10 Å². The number of ether oxygens (including phenoxy) is 1. The molecule has 2 heterocycles. The zero-order chi connectivity index (χ0) is 15.5. The van der Waals surface area contributed by atoms with Crippen LogP contribution in [0.3, 0.4) is 0 Å². The van der Waals surface area contributed by atoms with E-state index >= 15 is 0 Å². The van der Waals surface area contributed by atoms with Gasteiger partial charge in [0.15, 0.2) is 0 Å². The summed E-state index contributed by atoms with van der Waals surface area (Å²) in [7, 11) is 0. The Balaban J connectivity index is 1.93. The van der Waals surface area contributed by atoms with Crippen LogP contribution in [0.2, 0.25) is 5.02 Å². The van der Waals surface area contributed by atoms with Gasteiger partial charge >= 0.3 is 0 Å². The summed E-state index contributed by atoms with van der Waals surface area (Å²) in [5, 5.41) is 4.78. The van der Waals surface area contributed by atoms with Crippen LogP contribution in [0.5, 0.6) is 5.75 Å². The van der Waals surface area contributed by atoms with E-state index in [4.69, 9.17) is 16.3 Å². The van der Waals surface area contributed by atoms with Crippen LogP contribution in [-0.4, -0.2) is 9.55 Å². The van der Waals surface area contributed by atoms with E-state index in [0.29, 0.717) is 5.02 Å². The van der Waals surface area contributed by atoms with Gasteiger partial charge in [-0.2, -0.15) is 11.3 Å². The van der Waals surface area contributed by atoms with Crippen molar-refractivity contribution in [1.82, 2.24) is 9.55 Å². The molecule has 0 amide bonds. The van der Waals surface area contributed by atoms with Crippen molar-refractivity contribution < 1.29 is 4.74 Å². The Hall–Kier alpha value is -2.04. The highest BCUT2D eigenvalue weighted by molar-refractivity contribution is 7.07. The van der Waals surface area contributed by atoms with Gasteiger partial charge in [-0.3, -0.25) is 0 Å². The summed E-state index contributed by atoms with van der Waals surface area (Å²) in [5.74, 6) is 0.752. The van der Waals surface area contributed by atoms with Gasteiger partial charge in [-0.1, -0.05) is 18.2 Å². The number of imidazole rings is 1. The predicted octanol–water partition coefficient (Wildman–Crippen LogP) is 5.26. The molecule has 3 rings (SSSR count). The molecule has 0 fully saturated rings. The van der Waals surface area contributed by atoms with Crippen LogP contribution < -0.4 is 4.74 Å². The quantitative estimate of drug-likeness (QED) is 0.638. The lowest BCUT2D eigenvalue weighted by atomic mass is 10.1. The van der Waals surface area contributed by atoms with Crippen LogP contribution >= 0.6 is 22.9 Å². The third-order valence-corrected chi connectivity index (χ3v) is 4.32. The third-order valence-electron chi connectivity index (χ3n) is 3.38. The summed E-state index contributed by atoms with van der Waals surface area (Å²) in [4.78, 5) is 4.05. The summed E-state index contributed by atoms with van der Waals surface area (Å²) in [6, 6.07) is 7.62. The number of nitrogens with zero attached hydrogens (tertiary/aromatic N) is 2. The molecule has 0 aliphatic heterocycles. The number of benzene rings is 1. The first-order chi connectivity index (χ1) is 10.6. The fraction of sp³-hybridized carbons (Fsp3) is 0.118. The molecule has 0 saturated carbocycles. The second-order valence-corrected chi connectivity index (χ2v) is 6.09. The summed E-state index contributed by atoms with van der Waals surface area (Å²) in [6.07, 6.45) is 5.22. The standard InChI is InChI=1S/C17H15ClN2OS/c1-12(20-7-6-19-11-20)16-9-15(18)3-4-17(16)21-13(2)14-5-8-22-10-14/h3-11,13H,1H2,2H3. The molecule has 0 aliphatic rings. The minimum atomic E-state index is -0.0400. The lowest BCUT2D eigenvalue weighted by molar-refractivity contribution is 0.226. The molecule has 3 nitrogen and oxygen atoms in total. The highest BCUT2D eigenvalue weighted by atomic mass is 35.5. The Morgan fingerprint density at radius 2 is 2.27 bits per heavy atom. The van der Waals surface area contributed by atoms with Crippen LogP contribution in [0.1, 0.15) is 24.2 Å². The van der Waals surface area contributed by atoms with Gasteiger partial charge in [0.25, 0.3) is 0 Å². The molecule has 0 N–H and O–H groups in total. The number of thiophene rings is 1. The zero-order valence-corrected chi connectivity index (χ0v) is 13.6. The van der Waals surface area contributed by atoms with E-state index in [0.717, 1.165) is 22.6 Å². The third kappa shape index (κ3) is 3.08. The first-order valence-corrected chi connectivity index (χ1v) is 8.13. The van der Waals surface area contributed by atoms with Gasteiger partial charge in [0.05, 0.1) is 12.0 Å². The van der Waals surface area contributed by atoms with Crippen LogP contribution in [0, 0.1) is 0 Å². The molecule has 3 aromatic rings. The normalized spacial score (nSPS) is 12.1. The zero-order valence-electron chi connectivity index (χ0n) is 12.1. The molecule has 0 aliphatic carbocycles. The molecule has 0 saturated heterocycles. The molecule has 1 aromatic carbocycles. The largest absolute Gasteiger partial charge is 0.485 e. The van der Waals surface area contributed by atoms with Crippen LogP contribution in [0.25, 0.3) is 5.70 Å². The molecular weight excluding hydrogens is 316 g/mol. The molecular formula is C17H15ClN2OS. The van der Waals surface area contributed by atoms with Crippen molar-refractivity contribution in [3.8, 4) is 5.75 Å². The van der Waals surface area contributed by atoms with Crippen molar-refractivity contribution in [3.63, 3.8) is 0 Å². The maximum Gasteiger partial charge on any atom is 0.129 e. The van der Waals surface area contributed by atoms with Gasteiger partial charge < -0.3 is 9.30 Å². The van der Waals surface area contributed by atoms with E-state index in [1.165, 1.54) is 0 Å². The number of halogens is 1. The van der Waals surface area contributed by atoms with Gasteiger partial charge in [-0.05, 0) is 41.9 Å². The number of hydrogen-bond donors (Lipinski definition) is 0. The number of hydrogen-bond acceptors (Lipinski definition) is 3. The Morgan fingerprint density at radius 3 is 2.95 bits per heavy atom. The molecule has 22 heavy (non-hydrogen) atoms. The topological polar surface area (TPSA) is 27.1 Å². The molecule has 0 bridgehead atoms. The summed E-state index contributed by atoms with van der Waals surface area (Å²) in [5.41, 5.74) is 2.78. The van der Waals surface area contributed by atoms with Crippen molar-refractivity contribution in [3.05, 3.63) is 76.5 Å². The highest BCUT2D eigenvalue weighted by Crippen LogP contribution is 2.32. The fourth-order valence-electron chi connectivity index (χ4n) is 2.15. The van der Waals surface area contributed by atoms with Crippen LogP contribution in [0.4, 0.5) is 0 Å². The molecule has 112 valence electrons. The Kier molecular flexibility index (Phi) is 4.32. The summed E-state index contributed by atoms with van der Waals surface area (Å²) in [6.45, 7) is 6.15. The lowest BCUT2D eigenvalue weighted by Crippen LogP contribution is -2.05. The lowest BCUT2D eigenvalue weighted by Gasteiger charge is -2.18. The van der Waals surface area contributed by atoms with Crippen LogP contribution in [-0.2, 0) is 0 Å². The first kappa shape index (κ1) is 14.9. The van der Waals surface area contributed by atoms with Crippen molar-refractivity contribution in [2.45, 2.75) is 13.0 Å². The van der Waals surface area contributed by atoms with Gasteiger partial charge in [0, 0.05) is 28.5 Å². The van der Waals surface area contributed by atoms with Crippen LogP contribution in [0.15, 0.2) is 60.3 Å². The highest BCUT2D eigenvalue weighted by Gasteiger charge is 2.14. The van der Waals surface area contributed by atoms with E-state index in [1.54, 1.807) is 23.9 Å². The number of aromatic nitrogens is 2. The average molecular weight is 331 g/mol. The second-order valence-electron chi connectivity index (χ2n) is 4.87. The van der Waals surface area contributed by atoms with Gasteiger partial charge in [-0.25, -0.2) is 4.98 Å². The molecule has 0 spiro atoms. The SMILES string of the molecule is C=C(c1cc(Cl)ccc1OC(C)c1ccsc1)n1ccnc1. The van der Waals surface area contributed by atoms with E-state index < -0.39 is 0 Å². The minimum Gasteiger partial charge on any atom is -0.485 e. The Morgan fingerprint density at radius 1 is 1.41 bits per heavy atom. The summed E-state index contributed by atoms with van der Waals surface area (Å²) < 4.78 is 7.96. The monoisotopic (exact) mass is 330 g/mol. The van der Waals surface area contributed by atoms with E-state index in [9.17, 15) is 0 Å². The maximum atomic E-state index is 6.14. The van der Waals surface area contributed by atoms with Crippen molar-refractivity contribution in [2.24, 2.45) is 0 Å². The maximum absolute atomic E-state index is 6.14. The predicted molar refractivity (Wildman–Crippen MR) is 91.5 cm³/mol. The Labute approximate surface area is 138 Å². The van der Waals surface area contributed by atoms with Gasteiger partial charge in [0.1, 0.15) is 11.9 Å². The second kappa shape index (κ2) is 6.38. The molecule has 1 atom stereocenters. The van der Waals surface area contributed by atoms with Crippen molar-refractivity contribution >= 4 is 28.6 Å². The van der Waals surface area contributed by atoms with Gasteiger partial charge in [-0.15, -0.1) is 0 Å². The fourth-order valence-corrected chi connectivity index (χ4v) is 3.07. The molecule has 1 unspecified atom stereocenters. The van der Waals surface area contributed by atoms with E-state index in [2.05, 4.69) is 23.0 Å². The molecule has 0 radical (unpaired) electrons. The minimum absolute atomic E-state index is 0.0400. The van der Waals surface area contributed by atoms with Gasteiger partial charge in [0.2, 0.25) is 0 Å². The first-order valence-electron chi connectivity index (χ1n) is 6.81.